The van der Waals surface area contributed by atoms with Crippen LogP contribution in [0.4, 0.5) is 0 Å². The molecule has 0 aliphatic heterocycles. The molecule has 0 N–H and O–H groups in total. The van der Waals surface area contributed by atoms with E-state index in [1.165, 1.54) is 13.2 Å². The largest absolute Gasteiger partial charge is 0.497 e. The number of nitriles is 2. The highest BCUT2D eigenvalue weighted by molar-refractivity contribution is 5.70. The van der Waals surface area contributed by atoms with Gasteiger partial charge in [-0.1, -0.05) is 11.6 Å². The zero-order valence-corrected chi connectivity index (χ0v) is 10.4. The van der Waals surface area contributed by atoms with Crippen molar-refractivity contribution in [3.05, 3.63) is 51.0 Å². The molecule has 0 spiro atoms. The van der Waals surface area contributed by atoms with Gasteiger partial charge in [0.25, 0.3) is 11.4 Å². The van der Waals surface area contributed by atoms with Crippen LogP contribution >= 0.6 is 0 Å². The van der Waals surface area contributed by atoms with Crippen LogP contribution in [0, 0.1) is 42.7 Å². The molecule has 0 aliphatic carbocycles. The maximum absolute atomic E-state index is 8.90. The van der Waals surface area contributed by atoms with Crippen LogP contribution in [0.5, 0.6) is 5.75 Å². The van der Waals surface area contributed by atoms with Gasteiger partial charge in [-0.15, -0.1) is 0 Å². The van der Waals surface area contributed by atoms with E-state index in [-0.39, 0.29) is 11.4 Å². The Morgan fingerprint density at radius 2 is 1.63 bits per heavy atom. The van der Waals surface area contributed by atoms with E-state index < -0.39 is 0 Å². The van der Waals surface area contributed by atoms with Crippen molar-refractivity contribution in [1.82, 2.24) is 0 Å². The maximum atomic E-state index is 8.90. The number of rotatable bonds is 1. The van der Waals surface area contributed by atoms with E-state index in [1.807, 2.05) is 6.07 Å². The Hall–Kier alpha value is -3.28. The minimum absolute atomic E-state index is 0.0522. The summed E-state index contributed by atoms with van der Waals surface area (Å²) in [7, 11) is 1.40. The van der Waals surface area contributed by atoms with E-state index >= 15 is 0 Å². The molecule has 0 unspecified atom stereocenters. The lowest BCUT2D eigenvalue weighted by Crippen LogP contribution is -2.18. The van der Waals surface area contributed by atoms with E-state index in [0.29, 0.717) is 21.8 Å². The molecule has 0 saturated heterocycles. The second-order valence-electron chi connectivity index (χ2n) is 3.51. The molecule has 0 amide bonds. The van der Waals surface area contributed by atoms with Crippen molar-refractivity contribution in [3.63, 3.8) is 0 Å². The van der Waals surface area contributed by atoms with Crippen LogP contribution < -0.4 is 15.2 Å². The van der Waals surface area contributed by atoms with Gasteiger partial charge in [0.1, 0.15) is 5.75 Å². The van der Waals surface area contributed by atoms with Gasteiger partial charge < -0.3 is 4.74 Å². The van der Waals surface area contributed by atoms with E-state index in [2.05, 4.69) is 9.69 Å². The van der Waals surface area contributed by atoms with Gasteiger partial charge in [-0.05, 0) is 18.2 Å². The number of aryl methyl sites for hydroxylation is 1. The smallest absolute Gasteiger partial charge is 0.272 e. The molecule has 1 aromatic rings. The molecule has 90 valence electrons. The van der Waals surface area contributed by atoms with Crippen molar-refractivity contribution in [2.45, 2.75) is 6.92 Å². The molecule has 19 heavy (non-hydrogen) atoms. The lowest BCUT2D eigenvalue weighted by Gasteiger charge is -2.04. The van der Waals surface area contributed by atoms with Crippen LogP contribution in [0.3, 0.4) is 0 Å². The predicted molar refractivity (Wildman–Crippen MR) is 68.2 cm³/mol. The fraction of sp³-hybridized carbons (Fsp3) is 0.143. The molecule has 0 saturated carbocycles. The van der Waals surface area contributed by atoms with Crippen LogP contribution in [0.25, 0.3) is 21.1 Å². The summed E-state index contributed by atoms with van der Waals surface area (Å²) < 4.78 is 5.12. The highest BCUT2D eigenvalue weighted by atomic mass is 16.5. The van der Waals surface area contributed by atoms with Crippen LogP contribution in [0.15, 0.2) is 12.1 Å². The molecule has 0 radical (unpaired) electrons. The minimum Gasteiger partial charge on any atom is -0.497 e. The SMILES string of the molecule is [C-]#[N+]/C(C#N)=c1/cc(OC)/c(=C(\C#N)[N+]#[C-])cc1C. The summed E-state index contributed by atoms with van der Waals surface area (Å²) in [4.78, 5) is 6.28. The van der Waals surface area contributed by atoms with E-state index in [0.717, 1.165) is 0 Å². The molecule has 0 heterocycles. The number of ether oxygens (including phenoxy) is 1. The molecule has 5 nitrogen and oxygen atoms in total. The van der Waals surface area contributed by atoms with Gasteiger partial charge in [-0.2, -0.15) is 0 Å². The maximum Gasteiger partial charge on any atom is 0.272 e. The number of hydrogen-bond donors (Lipinski definition) is 0. The predicted octanol–water partition coefficient (Wildman–Crippen LogP) is 1.11. The van der Waals surface area contributed by atoms with Gasteiger partial charge >= 0.3 is 0 Å². The van der Waals surface area contributed by atoms with Crippen LogP contribution in [0.2, 0.25) is 0 Å². The summed E-state index contributed by atoms with van der Waals surface area (Å²) in [5.74, 6) is 0.296. The second-order valence-corrected chi connectivity index (χ2v) is 3.51. The van der Waals surface area contributed by atoms with Crippen LogP contribution in [-0.2, 0) is 0 Å². The fourth-order valence-corrected chi connectivity index (χ4v) is 1.59. The van der Waals surface area contributed by atoms with Gasteiger partial charge in [0, 0.05) is 5.22 Å². The normalized spacial score (nSPS) is 12.1. The average Bonchev–Trinajstić information content (AvgIpc) is 2.43. The first-order valence-electron chi connectivity index (χ1n) is 5.11. The van der Waals surface area contributed by atoms with Crippen molar-refractivity contribution < 1.29 is 4.74 Å². The summed E-state index contributed by atoms with van der Waals surface area (Å²) in [5, 5.41) is 18.6. The highest BCUT2D eigenvalue weighted by Crippen LogP contribution is 2.06. The van der Waals surface area contributed by atoms with Gasteiger partial charge in [-0.25, -0.2) is 20.2 Å². The van der Waals surface area contributed by atoms with E-state index in [1.54, 1.807) is 19.1 Å². The Balaban J connectivity index is 4.01. The first kappa shape index (κ1) is 13.8. The Kier molecular flexibility index (Phi) is 4.26. The molecule has 0 bridgehead atoms. The molecular formula is C14H8N4O. The average molecular weight is 248 g/mol. The van der Waals surface area contributed by atoms with Gasteiger partial charge in [0.15, 0.2) is 0 Å². The van der Waals surface area contributed by atoms with Crippen molar-refractivity contribution in [2.24, 2.45) is 0 Å². The van der Waals surface area contributed by atoms with Crippen LogP contribution in [0.1, 0.15) is 5.56 Å². The Morgan fingerprint density at radius 1 is 1.11 bits per heavy atom. The van der Waals surface area contributed by atoms with Crippen molar-refractivity contribution in [3.8, 4) is 17.9 Å². The Bertz CT molecular complexity index is 776. The molecule has 0 aromatic heterocycles. The summed E-state index contributed by atoms with van der Waals surface area (Å²) in [6.07, 6.45) is 0. The lowest BCUT2D eigenvalue weighted by atomic mass is 10.1. The van der Waals surface area contributed by atoms with Gasteiger partial charge in [-0.3, -0.25) is 0 Å². The van der Waals surface area contributed by atoms with Gasteiger partial charge in [0.05, 0.1) is 32.4 Å². The molecule has 1 aromatic carbocycles. The topological polar surface area (TPSA) is 65.5 Å². The number of methoxy groups -OCH3 is 1. The standard InChI is InChI=1S/C14H8N4O/c1-9-5-11(13(8-16)18-3)14(19-4)6-10(9)12(7-15)17-2/h5-6H,1,4H3/b12-10-,13-11+. The Labute approximate surface area is 110 Å². The minimum atomic E-state index is -0.0900. The van der Waals surface area contributed by atoms with Crippen molar-refractivity contribution in [2.75, 3.05) is 7.11 Å². The molecule has 0 atom stereocenters. The quantitative estimate of drug-likeness (QED) is 0.699. The monoisotopic (exact) mass is 248 g/mol. The molecule has 0 fully saturated rings. The number of benzene rings is 1. The summed E-state index contributed by atoms with van der Waals surface area (Å²) in [5.41, 5.74) is 0.497. The molecule has 1 rings (SSSR count). The van der Waals surface area contributed by atoms with Crippen LogP contribution in [-0.4, -0.2) is 7.11 Å². The first-order valence-corrected chi connectivity index (χ1v) is 5.11. The Morgan fingerprint density at radius 3 is 2.05 bits per heavy atom. The molecular weight excluding hydrogens is 240 g/mol. The van der Waals surface area contributed by atoms with E-state index in [9.17, 15) is 0 Å². The summed E-state index contributed by atoms with van der Waals surface area (Å²) >= 11 is 0. The lowest BCUT2D eigenvalue weighted by molar-refractivity contribution is 0.410. The fourth-order valence-electron chi connectivity index (χ4n) is 1.59. The second kappa shape index (κ2) is 5.87. The van der Waals surface area contributed by atoms with E-state index in [4.69, 9.17) is 28.4 Å². The molecule has 5 heteroatoms. The molecule has 0 aliphatic rings. The summed E-state index contributed by atoms with van der Waals surface area (Å²) in [6.45, 7) is 15.6. The van der Waals surface area contributed by atoms with Crippen molar-refractivity contribution >= 4 is 11.4 Å². The zero-order valence-electron chi connectivity index (χ0n) is 10.4. The first-order chi connectivity index (χ1) is 9.12. The van der Waals surface area contributed by atoms with Crippen molar-refractivity contribution in [1.29, 1.82) is 10.5 Å². The number of hydrogen-bond acceptors (Lipinski definition) is 3. The van der Waals surface area contributed by atoms with Gasteiger partial charge in [0.2, 0.25) is 0 Å². The third kappa shape index (κ3) is 2.52. The summed E-state index contributed by atoms with van der Waals surface area (Å²) in [6, 6.07) is 6.69. The third-order valence-corrected chi connectivity index (χ3v) is 2.49. The number of nitrogens with zero attached hydrogens (tertiary/aromatic N) is 4. The highest BCUT2D eigenvalue weighted by Gasteiger charge is 2.07. The zero-order chi connectivity index (χ0) is 14.4. The third-order valence-electron chi connectivity index (χ3n) is 2.49.